The van der Waals surface area contributed by atoms with Crippen LogP contribution < -0.4 is 5.43 Å². The van der Waals surface area contributed by atoms with Gasteiger partial charge in [-0.05, 0) is 45.0 Å². The van der Waals surface area contributed by atoms with Gasteiger partial charge in [-0.3, -0.25) is 9.69 Å². The standard InChI is InChI=1S/C18H23BrN2O/c1-12-16(11-21(2)14-6-4-3-5-7-14)18(22)15-10-13(19)8-9-17(15)20-12/h8-10,14H,3-7,11H2,1-2H3,(H,20,22). The number of benzene rings is 1. The van der Waals surface area contributed by atoms with Gasteiger partial charge in [-0.25, -0.2) is 0 Å². The number of aryl methyl sites for hydroxylation is 1. The molecule has 1 aliphatic carbocycles. The minimum Gasteiger partial charge on any atom is -0.358 e. The van der Waals surface area contributed by atoms with Crippen molar-refractivity contribution >= 4 is 26.8 Å². The molecule has 1 saturated carbocycles. The molecule has 0 bridgehead atoms. The third-order valence-electron chi connectivity index (χ3n) is 4.88. The summed E-state index contributed by atoms with van der Waals surface area (Å²) in [7, 11) is 2.15. The zero-order chi connectivity index (χ0) is 15.7. The number of nitrogens with zero attached hydrogens (tertiary/aromatic N) is 1. The second-order valence-electron chi connectivity index (χ2n) is 6.45. The molecule has 1 fully saturated rings. The Hall–Kier alpha value is -1.13. The van der Waals surface area contributed by atoms with Crippen LogP contribution in [0.1, 0.15) is 43.4 Å². The topological polar surface area (TPSA) is 36.1 Å². The van der Waals surface area contributed by atoms with Gasteiger partial charge in [0.1, 0.15) is 0 Å². The molecule has 0 atom stereocenters. The molecule has 0 spiro atoms. The van der Waals surface area contributed by atoms with Crippen molar-refractivity contribution in [3.8, 4) is 0 Å². The normalized spacial score (nSPS) is 16.5. The predicted molar refractivity (Wildman–Crippen MR) is 95.3 cm³/mol. The maximum atomic E-state index is 12.9. The Morgan fingerprint density at radius 1 is 1.27 bits per heavy atom. The van der Waals surface area contributed by atoms with Crippen molar-refractivity contribution in [2.24, 2.45) is 0 Å². The average Bonchev–Trinajstić information content (AvgIpc) is 2.53. The first-order valence-electron chi connectivity index (χ1n) is 8.07. The van der Waals surface area contributed by atoms with E-state index in [1.165, 1.54) is 32.1 Å². The largest absolute Gasteiger partial charge is 0.358 e. The van der Waals surface area contributed by atoms with Crippen molar-refractivity contribution in [1.82, 2.24) is 9.88 Å². The third-order valence-corrected chi connectivity index (χ3v) is 5.37. The highest BCUT2D eigenvalue weighted by molar-refractivity contribution is 9.10. The minimum atomic E-state index is 0.162. The van der Waals surface area contributed by atoms with Gasteiger partial charge >= 0.3 is 0 Å². The van der Waals surface area contributed by atoms with Gasteiger partial charge < -0.3 is 4.98 Å². The fourth-order valence-electron chi connectivity index (χ4n) is 3.51. The van der Waals surface area contributed by atoms with E-state index < -0.39 is 0 Å². The summed E-state index contributed by atoms with van der Waals surface area (Å²) in [6.45, 7) is 2.74. The van der Waals surface area contributed by atoms with E-state index >= 15 is 0 Å². The number of halogens is 1. The number of aromatic nitrogens is 1. The second-order valence-corrected chi connectivity index (χ2v) is 7.37. The first kappa shape index (κ1) is 15.8. The molecule has 3 nitrogen and oxygen atoms in total. The zero-order valence-corrected chi connectivity index (χ0v) is 14.9. The van der Waals surface area contributed by atoms with Crippen molar-refractivity contribution in [3.05, 3.63) is 44.2 Å². The summed E-state index contributed by atoms with van der Waals surface area (Å²) in [5, 5.41) is 0.770. The van der Waals surface area contributed by atoms with Crippen LogP contribution in [0.15, 0.2) is 27.5 Å². The van der Waals surface area contributed by atoms with Crippen LogP contribution in [-0.4, -0.2) is 23.0 Å². The Balaban J connectivity index is 1.94. The van der Waals surface area contributed by atoms with Crippen LogP contribution in [0.2, 0.25) is 0 Å². The molecule has 22 heavy (non-hydrogen) atoms. The van der Waals surface area contributed by atoms with Crippen LogP contribution in [0.3, 0.4) is 0 Å². The first-order chi connectivity index (χ1) is 10.6. The van der Waals surface area contributed by atoms with E-state index in [1.807, 2.05) is 25.1 Å². The van der Waals surface area contributed by atoms with Gasteiger partial charge in [0.25, 0.3) is 0 Å². The fourth-order valence-corrected chi connectivity index (χ4v) is 3.88. The van der Waals surface area contributed by atoms with Crippen molar-refractivity contribution in [2.75, 3.05) is 7.05 Å². The predicted octanol–water partition coefficient (Wildman–Crippen LogP) is 4.36. The quantitative estimate of drug-likeness (QED) is 0.880. The van der Waals surface area contributed by atoms with E-state index in [9.17, 15) is 4.79 Å². The van der Waals surface area contributed by atoms with Gasteiger partial charge in [-0.1, -0.05) is 35.2 Å². The maximum Gasteiger partial charge on any atom is 0.194 e. The Morgan fingerprint density at radius 2 is 2.00 bits per heavy atom. The molecule has 1 heterocycles. The van der Waals surface area contributed by atoms with E-state index in [1.54, 1.807) is 0 Å². The molecule has 0 saturated heterocycles. The number of H-pyrrole nitrogens is 1. The Kier molecular flexibility index (Phi) is 4.69. The number of aromatic amines is 1. The molecule has 0 radical (unpaired) electrons. The number of nitrogens with one attached hydrogen (secondary N) is 1. The summed E-state index contributed by atoms with van der Waals surface area (Å²) >= 11 is 3.46. The molecular weight excluding hydrogens is 340 g/mol. The maximum absolute atomic E-state index is 12.9. The second kappa shape index (κ2) is 6.55. The first-order valence-corrected chi connectivity index (χ1v) is 8.87. The fraction of sp³-hybridized carbons (Fsp3) is 0.500. The zero-order valence-electron chi connectivity index (χ0n) is 13.3. The van der Waals surface area contributed by atoms with Crippen molar-refractivity contribution in [1.29, 1.82) is 0 Å². The van der Waals surface area contributed by atoms with Gasteiger partial charge in [0.2, 0.25) is 0 Å². The lowest BCUT2D eigenvalue weighted by atomic mass is 9.94. The molecule has 1 aliphatic rings. The van der Waals surface area contributed by atoms with Gasteiger partial charge in [0.05, 0.1) is 0 Å². The molecule has 118 valence electrons. The smallest absolute Gasteiger partial charge is 0.194 e. The van der Waals surface area contributed by atoms with Crippen LogP contribution in [0.4, 0.5) is 0 Å². The molecule has 1 aromatic carbocycles. The summed E-state index contributed by atoms with van der Waals surface area (Å²) in [4.78, 5) is 18.6. The summed E-state index contributed by atoms with van der Waals surface area (Å²) in [5.41, 5.74) is 2.96. The van der Waals surface area contributed by atoms with Gasteiger partial charge in [-0.15, -0.1) is 0 Å². The van der Waals surface area contributed by atoms with Crippen molar-refractivity contribution in [3.63, 3.8) is 0 Å². The van der Waals surface area contributed by atoms with Crippen LogP contribution in [0, 0.1) is 6.92 Å². The van der Waals surface area contributed by atoms with Crippen molar-refractivity contribution in [2.45, 2.75) is 51.6 Å². The molecule has 1 N–H and O–H groups in total. The summed E-state index contributed by atoms with van der Waals surface area (Å²) in [6.07, 6.45) is 6.50. The van der Waals surface area contributed by atoms with E-state index in [4.69, 9.17) is 0 Å². The molecule has 0 aliphatic heterocycles. The number of fused-ring (bicyclic) bond motifs is 1. The van der Waals surface area contributed by atoms with Crippen LogP contribution in [-0.2, 0) is 6.54 Å². The Morgan fingerprint density at radius 3 is 2.73 bits per heavy atom. The molecule has 1 aromatic heterocycles. The highest BCUT2D eigenvalue weighted by atomic mass is 79.9. The highest BCUT2D eigenvalue weighted by Crippen LogP contribution is 2.23. The Bertz CT molecular complexity index is 732. The lowest BCUT2D eigenvalue weighted by molar-refractivity contribution is 0.184. The molecule has 2 aromatic rings. The molecule has 0 amide bonds. The molecule has 4 heteroatoms. The number of pyridine rings is 1. The van der Waals surface area contributed by atoms with Crippen molar-refractivity contribution < 1.29 is 0 Å². The SMILES string of the molecule is Cc1[nH]c2ccc(Br)cc2c(=O)c1CN(C)C1CCCCC1. The van der Waals surface area contributed by atoms with Crippen LogP contribution in [0.25, 0.3) is 10.9 Å². The van der Waals surface area contributed by atoms with E-state index in [0.717, 1.165) is 33.2 Å². The monoisotopic (exact) mass is 362 g/mol. The van der Waals surface area contributed by atoms with Crippen LogP contribution in [0.5, 0.6) is 0 Å². The molecule has 0 unspecified atom stereocenters. The summed E-state index contributed by atoms with van der Waals surface area (Å²) in [6, 6.07) is 6.46. The number of hydrogen-bond donors (Lipinski definition) is 1. The number of hydrogen-bond acceptors (Lipinski definition) is 2. The van der Waals surface area contributed by atoms with Gasteiger partial charge in [0.15, 0.2) is 5.43 Å². The lowest BCUT2D eigenvalue weighted by Crippen LogP contribution is -2.34. The number of rotatable bonds is 3. The van der Waals surface area contributed by atoms with Gasteiger partial charge in [0, 0.05) is 39.2 Å². The van der Waals surface area contributed by atoms with Gasteiger partial charge in [-0.2, -0.15) is 0 Å². The molecule has 3 rings (SSSR count). The van der Waals surface area contributed by atoms with E-state index in [0.29, 0.717) is 6.04 Å². The van der Waals surface area contributed by atoms with E-state index in [-0.39, 0.29) is 5.43 Å². The highest BCUT2D eigenvalue weighted by Gasteiger charge is 2.20. The lowest BCUT2D eigenvalue weighted by Gasteiger charge is -2.31. The average molecular weight is 363 g/mol. The minimum absolute atomic E-state index is 0.162. The van der Waals surface area contributed by atoms with E-state index in [2.05, 4.69) is 32.9 Å². The summed E-state index contributed by atoms with van der Waals surface area (Å²) in [5.74, 6) is 0. The Labute approximate surface area is 139 Å². The van der Waals surface area contributed by atoms with Crippen LogP contribution >= 0.6 is 15.9 Å². The third kappa shape index (κ3) is 3.13. The summed E-state index contributed by atoms with van der Waals surface area (Å²) < 4.78 is 0.945. The molecular formula is C18H23BrN2O.